The Morgan fingerprint density at radius 3 is 2.30 bits per heavy atom. The van der Waals surface area contributed by atoms with Crippen molar-refractivity contribution in [2.75, 3.05) is 7.11 Å². The topological polar surface area (TPSA) is 84.9 Å². The van der Waals surface area contributed by atoms with E-state index in [1.54, 1.807) is 27.9 Å². The Kier molecular flexibility index (Phi) is 5.39. The van der Waals surface area contributed by atoms with Crippen LogP contribution in [0.25, 0.3) is 0 Å². The number of hydrogen-bond donors (Lipinski definition) is 2. The van der Waals surface area contributed by atoms with Crippen molar-refractivity contribution >= 4 is 12.1 Å². The zero-order valence-corrected chi connectivity index (χ0v) is 12.7. The summed E-state index contributed by atoms with van der Waals surface area (Å²) in [6.45, 7) is 5.20. The Morgan fingerprint density at radius 1 is 1.35 bits per heavy atom. The van der Waals surface area contributed by atoms with Crippen LogP contribution in [0.15, 0.2) is 0 Å². The third-order valence-electron chi connectivity index (χ3n) is 3.58. The first-order valence-corrected chi connectivity index (χ1v) is 6.95. The van der Waals surface area contributed by atoms with Gasteiger partial charge in [-0.25, -0.2) is 9.59 Å². The molecule has 116 valence electrons. The third kappa shape index (κ3) is 5.00. The molecule has 1 fully saturated rings. The summed E-state index contributed by atoms with van der Waals surface area (Å²) in [5.41, 5.74) is -0.849. The molecular formula is C14H25NO5. The number of nitrogens with one attached hydrogen (secondary N) is 1. The minimum atomic E-state index is -1.05. The fourth-order valence-corrected chi connectivity index (χ4v) is 2.24. The summed E-state index contributed by atoms with van der Waals surface area (Å²) in [5, 5.41) is 11.6. The lowest BCUT2D eigenvalue weighted by molar-refractivity contribution is -0.140. The number of methoxy groups -OCH3 is 1. The average molecular weight is 287 g/mol. The molecule has 20 heavy (non-hydrogen) atoms. The molecule has 0 heterocycles. The second-order valence-corrected chi connectivity index (χ2v) is 6.32. The lowest BCUT2D eigenvalue weighted by Crippen LogP contribution is -2.46. The number of aliphatic carboxylic acids is 1. The molecular weight excluding hydrogens is 262 g/mol. The van der Waals surface area contributed by atoms with Crippen molar-refractivity contribution in [3.8, 4) is 0 Å². The molecule has 1 aliphatic carbocycles. The van der Waals surface area contributed by atoms with E-state index < -0.39 is 23.7 Å². The van der Waals surface area contributed by atoms with Crippen molar-refractivity contribution in [3.63, 3.8) is 0 Å². The lowest BCUT2D eigenvalue weighted by atomic mass is 9.76. The minimum Gasteiger partial charge on any atom is -0.480 e. The van der Waals surface area contributed by atoms with Gasteiger partial charge >= 0.3 is 12.1 Å². The molecule has 1 aliphatic rings. The predicted molar refractivity (Wildman–Crippen MR) is 73.6 cm³/mol. The Bertz CT molecular complexity index is 352. The lowest BCUT2D eigenvalue weighted by Gasteiger charge is -2.41. The first-order chi connectivity index (χ1) is 9.17. The fourth-order valence-electron chi connectivity index (χ4n) is 2.24. The van der Waals surface area contributed by atoms with Crippen LogP contribution in [0.2, 0.25) is 0 Å². The summed E-state index contributed by atoms with van der Waals surface area (Å²) in [6.07, 6.45) is 3.25. The van der Waals surface area contributed by atoms with E-state index in [2.05, 4.69) is 5.32 Å². The van der Waals surface area contributed by atoms with Gasteiger partial charge in [0, 0.05) is 7.11 Å². The average Bonchev–Trinajstić information content (AvgIpc) is 2.23. The Labute approximate surface area is 119 Å². The Balaban J connectivity index is 2.48. The van der Waals surface area contributed by atoms with Gasteiger partial charge in [0.05, 0.1) is 5.60 Å². The molecule has 0 aliphatic heterocycles. The maximum absolute atomic E-state index is 11.6. The van der Waals surface area contributed by atoms with Gasteiger partial charge in [-0.1, -0.05) is 0 Å². The maximum atomic E-state index is 11.6. The van der Waals surface area contributed by atoms with E-state index in [1.807, 2.05) is 0 Å². The van der Waals surface area contributed by atoms with Gasteiger partial charge in [-0.05, 0) is 52.9 Å². The highest BCUT2D eigenvalue weighted by Gasteiger charge is 2.38. The van der Waals surface area contributed by atoms with E-state index in [9.17, 15) is 9.59 Å². The zero-order valence-electron chi connectivity index (χ0n) is 12.7. The first kappa shape index (κ1) is 16.8. The summed E-state index contributed by atoms with van der Waals surface area (Å²) in [7, 11) is 1.65. The Hall–Kier alpha value is -1.30. The smallest absolute Gasteiger partial charge is 0.408 e. The molecule has 1 atom stereocenters. The molecule has 6 nitrogen and oxygen atoms in total. The summed E-state index contributed by atoms with van der Waals surface area (Å²) >= 11 is 0. The van der Waals surface area contributed by atoms with Crippen molar-refractivity contribution in [2.24, 2.45) is 0 Å². The quantitative estimate of drug-likeness (QED) is 0.783. The minimum absolute atomic E-state index is 0.205. The van der Waals surface area contributed by atoms with Gasteiger partial charge in [-0.2, -0.15) is 0 Å². The number of rotatable bonds is 6. The largest absolute Gasteiger partial charge is 0.480 e. The van der Waals surface area contributed by atoms with E-state index in [0.717, 1.165) is 19.3 Å². The summed E-state index contributed by atoms with van der Waals surface area (Å²) in [6, 6.07) is -0.947. The van der Waals surface area contributed by atoms with E-state index in [0.29, 0.717) is 12.8 Å². The van der Waals surface area contributed by atoms with Crippen molar-refractivity contribution in [2.45, 2.75) is 70.1 Å². The molecule has 0 bridgehead atoms. The second-order valence-electron chi connectivity index (χ2n) is 6.32. The number of hydrogen-bond acceptors (Lipinski definition) is 4. The highest BCUT2D eigenvalue weighted by Crippen LogP contribution is 2.39. The molecule has 0 aromatic rings. The SMILES string of the molecule is COC1(CCC(NC(=O)OC(C)(C)C)C(=O)O)CCC1. The standard InChI is InChI=1S/C14H25NO5/c1-13(2,3)20-12(18)15-10(11(16)17)6-9-14(19-4)7-5-8-14/h10H,5-9H2,1-4H3,(H,15,18)(H,16,17). The van der Waals surface area contributed by atoms with Gasteiger partial charge < -0.3 is 19.9 Å². The van der Waals surface area contributed by atoms with Gasteiger partial charge in [-0.3, -0.25) is 0 Å². The van der Waals surface area contributed by atoms with E-state index in [4.69, 9.17) is 14.6 Å². The summed E-state index contributed by atoms with van der Waals surface area (Å²) in [4.78, 5) is 22.8. The number of carboxylic acid groups (broad SMARTS) is 1. The fraction of sp³-hybridized carbons (Fsp3) is 0.857. The molecule has 0 spiro atoms. The normalized spacial score (nSPS) is 18.8. The van der Waals surface area contributed by atoms with Crippen LogP contribution >= 0.6 is 0 Å². The molecule has 0 aromatic carbocycles. The van der Waals surface area contributed by atoms with E-state index in [1.165, 1.54) is 0 Å². The van der Waals surface area contributed by atoms with Crippen LogP contribution in [0.4, 0.5) is 4.79 Å². The number of amides is 1. The van der Waals surface area contributed by atoms with Gasteiger partial charge in [0.1, 0.15) is 11.6 Å². The number of ether oxygens (including phenoxy) is 2. The second kappa shape index (κ2) is 6.43. The monoisotopic (exact) mass is 287 g/mol. The number of carboxylic acids is 1. The Morgan fingerprint density at radius 2 is 1.95 bits per heavy atom. The molecule has 2 N–H and O–H groups in total. The summed E-state index contributed by atoms with van der Waals surface area (Å²) in [5.74, 6) is -1.05. The molecule has 1 unspecified atom stereocenters. The van der Waals surface area contributed by atoms with E-state index in [-0.39, 0.29) is 5.60 Å². The van der Waals surface area contributed by atoms with Crippen molar-refractivity contribution < 1.29 is 24.2 Å². The molecule has 0 aromatic heterocycles. The molecule has 1 amide bonds. The van der Waals surface area contributed by atoms with E-state index >= 15 is 0 Å². The van der Waals surface area contributed by atoms with Crippen LogP contribution in [0, 0.1) is 0 Å². The first-order valence-electron chi connectivity index (χ1n) is 6.95. The highest BCUT2D eigenvalue weighted by atomic mass is 16.6. The van der Waals surface area contributed by atoms with Gasteiger partial charge in [0.25, 0.3) is 0 Å². The van der Waals surface area contributed by atoms with Crippen molar-refractivity contribution in [3.05, 3.63) is 0 Å². The molecule has 0 saturated heterocycles. The van der Waals surface area contributed by atoms with Gasteiger partial charge in [-0.15, -0.1) is 0 Å². The van der Waals surface area contributed by atoms with Crippen LogP contribution in [0.3, 0.4) is 0 Å². The van der Waals surface area contributed by atoms with Gasteiger partial charge in [0.15, 0.2) is 0 Å². The molecule has 1 rings (SSSR count). The maximum Gasteiger partial charge on any atom is 0.408 e. The van der Waals surface area contributed by atoms with Crippen LogP contribution in [-0.4, -0.2) is 41.5 Å². The molecule has 1 saturated carbocycles. The third-order valence-corrected chi connectivity index (χ3v) is 3.58. The van der Waals surface area contributed by atoms with Crippen molar-refractivity contribution in [1.29, 1.82) is 0 Å². The number of alkyl carbamates (subject to hydrolysis) is 1. The molecule has 0 radical (unpaired) electrons. The van der Waals surface area contributed by atoms with Crippen molar-refractivity contribution in [1.82, 2.24) is 5.32 Å². The highest BCUT2D eigenvalue weighted by molar-refractivity contribution is 5.79. The number of carbonyl (C=O) groups excluding carboxylic acids is 1. The van der Waals surface area contributed by atoms with Gasteiger partial charge in [0.2, 0.25) is 0 Å². The number of carbonyl (C=O) groups is 2. The van der Waals surface area contributed by atoms with Crippen LogP contribution in [-0.2, 0) is 14.3 Å². The van der Waals surface area contributed by atoms with Crippen LogP contribution < -0.4 is 5.32 Å². The van der Waals surface area contributed by atoms with Crippen LogP contribution in [0.5, 0.6) is 0 Å². The summed E-state index contributed by atoms with van der Waals surface area (Å²) < 4.78 is 10.5. The predicted octanol–water partition coefficient (Wildman–Crippen LogP) is 2.31. The zero-order chi connectivity index (χ0) is 15.4. The van der Waals surface area contributed by atoms with Crippen LogP contribution in [0.1, 0.15) is 52.9 Å². The molecule has 6 heteroatoms.